The molecule has 2 aromatic carbocycles. The number of amides is 2. The first-order chi connectivity index (χ1) is 17.9. The van der Waals surface area contributed by atoms with Gasteiger partial charge in [-0.25, -0.2) is 4.98 Å². The van der Waals surface area contributed by atoms with E-state index < -0.39 is 5.91 Å². The Hall–Kier alpha value is -3.91. The lowest BCUT2D eigenvalue weighted by molar-refractivity contribution is 0.1000. The third-order valence-corrected chi connectivity index (χ3v) is 8.23. The number of carbonyl (C=O) groups is 2. The van der Waals surface area contributed by atoms with Crippen molar-refractivity contribution in [2.75, 3.05) is 19.5 Å². The minimum absolute atomic E-state index is 0.319. The first kappa shape index (κ1) is 24.8. The lowest BCUT2D eigenvalue weighted by atomic mass is 9.85. The summed E-state index contributed by atoms with van der Waals surface area (Å²) in [5.41, 5.74) is 9.68. The minimum atomic E-state index is -0.508. The second-order valence-electron chi connectivity index (χ2n) is 9.18. The Morgan fingerprint density at radius 2 is 1.95 bits per heavy atom. The molecule has 3 N–H and O–H groups in total. The Balaban J connectivity index is 1.58. The van der Waals surface area contributed by atoms with E-state index in [1.165, 1.54) is 11.3 Å². The molecule has 0 saturated heterocycles. The van der Waals surface area contributed by atoms with Crippen molar-refractivity contribution in [3.8, 4) is 22.8 Å². The van der Waals surface area contributed by atoms with E-state index in [2.05, 4.69) is 12.2 Å². The van der Waals surface area contributed by atoms with Crippen molar-refractivity contribution in [2.24, 2.45) is 11.7 Å². The molecule has 37 heavy (non-hydrogen) atoms. The Morgan fingerprint density at radius 3 is 2.68 bits per heavy atom. The number of fused-ring (bicyclic) bond motifs is 2. The molecule has 0 aliphatic heterocycles. The van der Waals surface area contributed by atoms with Crippen molar-refractivity contribution < 1.29 is 19.1 Å². The van der Waals surface area contributed by atoms with Crippen LogP contribution in [0, 0.1) is 5.92 Å². The zero-order chi connectivity index (χ0) is 26.1. The predicted octanol–water partition coefficient (Wildman–Crippen LogP) is 5.85. The van der Waals surface area contributed by atoms with E-state index in [-0.39, 0.29) is 5.91 Å². The van der Waals surface area contributed by atoms with Crippen LogP contribution in [0.2, 0.25) is 0 Å². The van der Waals surface area contributed by atoms with E-state index in [9.17, 15) is 9.59 Å². The maximum Gasteiger partial charge on any atom is 0.257 e. The van der Waals surface area contributed by atoms with Crippen LogP contribution in [-0.2, 0) is 12.8 Å². The summed E-state index contributed by atoms with van der Waals surface area (Å²) in [6, 6.07) is 14.7. The lowest BCUT2D eigenvalue weighted by Gasteiger charge is -2.20. The number of ether oxygens (including phenoxy) is 2. The number of aromatic nitrogens is 1. The second-order valence-corrected chi connectivity index (χ2v) is 10.3. The normalized spacial score (nSPS) is 14.7. The fraction of sp³-hybridized carbons (Fsp3) is 0.276. The number of thiophene rings is 1. The fourth-order valence-electron chi connectivity index (χ4n) is 5.03. The van der Waals surface area contributed by atoms with Crippen LogP contribution in [0.15, 0.2) is 48.5 Å². The molecule has 5 rings (SSSR count). The number of carbonyl (C=O) groups excluding carboxylic acids is 2. The summed E-state index contributed by atoms with van der Waals surface area (Å²) >= 11 is 1.47. The zero-order valence-corrected chi connectivity index (χ0v) is 21.9. The number of methoxy groups -OCH3 is 2. The molecule has 0 saturated carbocycles. The summed E-state index contributed by atoms with van der Waals surface area (Å²) in [5, 5.41) is 4.25. The van der Waals surface area contributed by atoms with E-state index in [0.717, 1.165) is 41.7 Å². The van der Waals surface area contributed by atoms with E-state index in [0.29, 0.717) is 50.1 Å². The number of anilines is 1. The van der Waals surface area contributed by atoms with Gasteiger partial charge in [-0.3, -0.25) is 9.59 Å². The number of pyridine rings is 1. The Morgan fingerprint density at radius 1 is 1.14 bits per heavy atom. The molecular weight excluding hydrogens is 486 g/mol. The molecule has 1 unspecified atom stereocenters. The third kappa shape index (κ3) is 4.64. The average Bonchev–Trinajstić information content (AvgIpc) is 3.28. The molecule has 0 radical (unpaired) electrons. The van der Waals surface area contributed by atoms with E-state index in [1.807, 2.05) is 36.4 Å². The summed E-state index contributed by atoms with van der Waals surface area (Å²) in [4.78, 5) is 32.1. The van der Waals surface area contributed by atoms with Gasteiger partial charge in [0, 0.05) is 21.9 Å². The molecule has 0 bridgehead atoms. The molecule has 0 spiro atoms. The largest absolute Gasteiger partial charge is 0.497 e. The number of benzene rings is 2. The molecule has 2 aromatic heterocycles. The number of nitrogens with two attached hydrogens (primary N) is 1. The van der Waals surface area contributed by atoms with Gasteiger partial charge >= 0.3 is 0 Å². The quantitative estimate of drug-likeness (QED) is 0.322. The van der Waals surface area contributed by atoms with Crippen molar-refractivity contribution in [1.82, 2.24) is 4.98 Å². The highest BCUT2D eigenvalue weighted by molar-refractivity contribution is 7.17. The maximum absolute atomic E-state index is 13.7. The van der Waals surface area contributed by atoms with Crippen LogP contribution in [0.3, 0.4) is 0 Å². The van der Waals surface area contributed by atoms with Gasteiger partial charge < -0.3 is 20.5 Å². The van der Waals surface area contributed by atoms with Gasteiger partial charge in [-0.1, -0.05) is 31.5 Å². The SMILES string of the molecule is CCC1CCc2c(sc(NC(=O)c3cc(-c4ccc(OC)cc4OC)nc4ccccc34)c2C(N)=O)C1. The molecule has 1 aliphatic carbocycles. The first-order valence-corrected chi connectivity index (χ1v) is 13.1. The molecule has 4 aromatic rings. The maximum atomic E-state index is 13.7. The fourth-order valence-corrected chi connectivity index (χ4v) is 6.40. The van der Waals surface area contributed by atoms with Crippen molar-refractivity contribution in [1.29, 1.82) is 0 Å². The van der Waals surface area contributed by atoms with Crippen LogP contribution in [0.25, 0.3) is 22.2 Å². The van der Waals surface area contributed by atoms with Gasteiger partial charge in [0.1, 0.15) is 16.5 Å². The zero-order valence-electron chi connectivity index (χ0n) is 21.1. The van der Waals surface area contributed by atoms with Crippen LogP contribution in [0.5, 0.6) is 11.5 Å². The Bertz CT molecular complexity index is 1510. The number of rotatable bonds is 7. The number of primary amides is 1. The standard InChI is InChI=1S/C29H29N3O4S/c1-4-16-9-11-20-25(13-16)37-29(26(20)27(30)33)32-28(34)21-15-23(31-22-8-6-5-7-18(21)22)19-12-10-17(35-2)14-24(19)36-3/h5-8,10,12,14-16H,4,9,11,13H2,1-3H3,(H2,30,33)(H,32,34). The number of hydrogen-bond donors (Lipinski definition) is 2. The molecule has 1 atom stereocenters. The summed E-state index contributed by atoms with van der Waals surface area (Å²) in [6.07, 6.45) is 3.83. The molecule has 190 valence electrons. The summed E-state index contributed by atoms with van der Waals surface area (Å²) in [6.45, 7) is 2.19. The van der Waals surface area contributed by atoms with E-state index >= 15 is 0 Å². The monoisotopic (exact) mass is 515 g/mol. The molecule has 0 fully saturated rings. The van der Waals surface area contributed by atoms with Gasteiger partial charge in [0.15, 0.2) is 0 Å². The van der Waals surface area contributed by atoms with Gasteiger partial charge in [0.05, 0.1) is 36.6 Å². The van der Waals surface area contributed by atoms with E-state index in [4.69, 9.17) is 20.2 Å². The average molecular weight is 516 g/mol. The summed E-state index contributed by atoms with van der Waals surface area (Å²) < 4.78 is 10.9. The molecule has 8 heteroatoms. The molecule has 2 amide bonds. The van der Waals surface area contributed by atoms with Crippen molar-refractivity contribution in [2.45, 2.75) is 32.6 Å². The smallest absolute Gasteiger partial charge is 0.257 e. The molecule has 1 aliphatic rings. The number of nitrogens with zero attached hydrogens (tertiary/aromatic N) is 1. The Labute approximate surface area is 219 Å². The van der Waals surface area contributed by atoms with Gasteiger partial charge in [-0.05, 0) is 55.0 Å². The third-order valence-electron chi connectivity index (χ3n) is 7.06. The molecule has 2 heterocycles. The summed E-state index contributed by atoms with van der Waals surface area (Å²) in [7, 11) is 3.18. The van der Waals surface area contributed by atoms with Crippen LogP contribution in [0.4, 0.5) is 5.00 Å². The topological polar surface area (TPSA) is 104 Å². The summed E-state index contributed by atoms with van der Waals surface area (Å²) in [5.74, 6) is 0.999. The highest BCUT2D eigenvalue weighted by Crippen LogP contribution is 2.41. The van der Waals surface area contributed by atoms with Gasteiger partial charge in [0.2, 0.25) is 0 Å². The number of nitrogens with one attached hydrogen (secondary N) is 1. The van der Waals surface area contributed by atoms with Crippen molar-refractivity contribution in [3.05, 3.63) is 70.1 Å². The second kappa shape index (κ2) is 10.2. The number of hydrogen-bond acceptors (Lipinski definition) is 6. The van der Waals surface area contributed by atoms with Gasteiger partial charge in [0.25, 0.3) is 11.8 Å². The highest BCUT2D eigenvalue weighted by Gasteiger charge is 2.28. The van der Waals surface area contributed by atoms with Crippen LogP contribution >= 0.6 is 11.3 Å². The predicted molar refractivity (Wildman–Crippen MR) is 147 cm³/mol. The van der Waals surface area contributed by atoms with Crippen LogP contribution < -0.4 is 20.5 Å². The van der Waals surface area contributed by atoms with E-state index in [1.54, 1.807) is 26.4 Å². The van der Waals surface area contributed by atoms with Crippen LogP contribution in [-0.4, -0.2) is 31.0 Å². The number of para-hydroxylation sites is 1. The van der Waals surface area contributed by atoms with Crippen molar-refractivity contribution in [3.63, 3.8) is 0 Å². The van der Waals surface area contributed by atoms with Gasteiger partial charge in [-0.15, -0.1) is 11.3 Å². The Kier molecular flexibility index (Phi) is 6.84. The molecular formula is C29H29N3O4S. The van der Waals surface area contributed by atoms with Gasteiger partial charge in [-0.2, -0.15) is 0 Å². The van der Waals surface area contributed by atoms with Crippen LogP contribution in [0.1, 0.15) is 50.9 Å². The molecule has 7 nitrogen and oxygen atoms in total. The van der Waals surface area contributed by atoms with Crippen molar-refractivity contribution >= 4 is 39.1 Å². The lowest BCUT2D eigenvalue weighted by Crippen LogP contribution is -2.20. The minimum Gasteiger partial charge on any atom is -0.497 e. The first-order valence-electron chi connectivity index (χ1n) is 12.3. The highest BCUT2D eigenvalue weighted by atomic mass is 32.1.